The van der Waals surface area contributed by atoms with Gasteiger partial charge in [0.1, 0.15) is 11.2 Å². The van der Waals surface area contributed by atoms with E-state index in [9.17, 15) is 14.0 Å². The van der Waals surface area contributed by atoms with E-state index in [1.807, 2.05) is 0 Å². The largest absolute Gasteiger partial charge is 0.353 e. The van der Waals surface area contributed by atoms with Gasteiger partial charge in [-0.1, -0.05) is 6.08 Å². The zero-order valence-electron chi connectivity index (χ0n) is 13.4. The summed E-state index contributed by atoms with van der Waals surface area (Å²) in [6, 6.07) is 5.73. The molecule has 1 amide bonds. The van der Waals surface area contributed by atoms with Gasteiger partial charge in [-0.05, 0) is 24.3 Å². The van der Waals surface area contributed by atoms with Crippen molar-refractivity contribution in [3.8, 4) is 5.69 Å². The first-order valence-corrected chi connectivity index (χ1v) is 7.67. The standard InChI is InChI=1S/C17H16FN5O2/c1-2-8-19-15(24)7-9-22-11-20-16-14(17(22)25)10-21-23(16)13-5-3-12(18)4-6-13/h2-6,10-11H,1,7-9H2,(H,19,24). The molecule has 7 nitrogen and oxygen atoms in total. The summed E-state index contributed by atoms with van der Waals surface area (Å²) in [6.07, 6.45) is 4.55. The number of aryl methyl sites for hydroxylation is 1. The fourth-order valence-electron chi connectivity index (χ4n) is 2.38. The molecule has 0 spiro atoms. The zero-order valence-corrected chi connectivity index (χ0v) is 13.4. The molecule has 0 saturated heterocycles. The first kappa shape index (κ1) is 16.6. The van der Waals surface area contributed by atoms with E-state index < -0.39 is 0 Å². The topological polar surface area (TPSA) is 81.8 Å². The number of carbonyl (C=O) groups excluding carboxylic acids is 1. The van der Waals surface area contributed by atoms with Crippen molar-refractivity contribution in [1.82, 2.24) is 24.6 Å². The lowest BCUT2D eigenvalue weighted by Crippen LogP contribution is -2.27. The van der Waals surface area contributed by atoms with Gasteiger partial charge in [-0.2, -0.15) is 5.10 Å². The Morgan fingerprint density at radius 2 is 2.08 bits per heavy atom. The Labute approximate surface area is 142 Å². The highest BCUT2D eigenvalue weighted by atomic mass is 19.1. The number of rotatable bonds is 6. The Kier molecular flexibility index (Phi) is 4.69. The number of hydrogen-bond acceptors (Lipinski definition) is 4. The van der Waals surface area contributed by atoms with Gasteiger partial charge in [-0.15, -0.1) is 6.58 Å². The predicted octanol–water partition coefficient (Wildman–Crippen LogP) is 1.41. The molecule has 0 aliphatic rings. The monoisotopic (exact) mass is 341 g/mol. The lowest BCUT2D eigenvalue weighted by Gasteiger charge is -2.06. The number of fused-ring (bicyclic) bond motifs is 1. The van der Waals surface area contributed by atoms with Gasteiger partial charge in [-0.25, -0.2) is 14.1 Å². The Morgan fingerprint density at radius 3 is 2.80 bits per heavy atom. The molecular formula is C17H16FN5O2. The summed E-state index contributed by atoms with van der Waals surface area (Å²) in [5.74, 6) is -0.529. The van der Waals surface area contributed by atoms with Crippen LogP contribution >= 0.6 is 0 Å². The van der Waals surface area contributed by atoms with E-state index in [2.05, 4.69) is 22.0 Å². The third-order valence-electron chi connectivity index (χ3n) is 3.65. The van der Waals surface area contributed by atoms with Gasteiger partial charge < -0.3 is 5.32 Å². The molecule has 2 aromatic heterocycles. The molecule has 3 rings (SSSR count). The number of nitrogens with zero attached hydrogens (tertiary/aromatic N) is 4. The van der Waals surface area contributed by atoms with Crippen molar-refractivity contribution in [1.29, 1.82) is 0 Å². The van der Waals surface area contributed by atoms with Crippen LogP contribution in [0.4, 0.5) is 4.39 Å². The highest BCUT2D eigenvalue weighted by molar-refractivity contribution is 5.76. The van der Waals surface area contributed by atoms with Crippen LogP contribution in [0.2, 0.25) is 0 Å². The molecule has 1 N–H and O–H groups in total. The molecule has 0 aliphatic heterocycles. The minimum atomic E-state index is -0.356. The first-order valence-electron chi connectivity index (χ1n) is 7.67. The maximum atomic E-state index is 13.1. The Bertz CT molecular complexity index is 975. The van der Waals surface area contributed by atoms with Crippen LogP contribution in [-0.2, 0) is 11.3 Å². The van der Waals surface area contributed by atoms with Crippen LogP contribution in [0.1, 0.15) is 6.42 Å². The maximum Gasteiger partial charge on any atom is 0.264 e. The first-order chi connectivity index (χ1) is 12.1. The van der Waals surface area contributed by atoms with E-state index in [0.717, 1.165) is 0 Å². The summed E-state index contributed by atoms with van der Waals surface area (Å²) in [6.45, 7) is 4.12. The average molecular weight is 341 g/mol. The second-order valence-electron chi connectivity index (χ2n) is 5.36. The summed E-state index contributed by atoms with van der Waals surface area (Å²) in [5.41, 5.74) is 0.698. The lowest BCUT2D eigenvalue weighted by atomic mass is 10.3. The van der Waals surface area contributed by atoms with Crippen LogP contribution in [0.5, 0.6) is 0 Å². The highest BCUT2D eigenvalue weighted by Crippen LogP contribution is 2.14. The maximum absolute atomic E-state index is 13.1. The Morgan fingerprint density at radius 1 is 1.32 bits per heavy atom. The van der Waals surface area contributed by atoms with Crippen molar-refractivity contribution in [2.45, 2.75) is 13.0 Å². The van der Waals surface area contributed by atoms with E-state index in [1.165, 1.54) is 33.9 Å². The Balaban J connectivity index is 1.86. The van der Waals surface area contributed by atoms with Crippen LogP contribution < -0.4 is 10.9 Å². The van der Waals surface area contributed by atoms with Crippen LogP contribution in [0.25, 0.3) is 16.7 Å². The second kappa shape index (κ2) is 7.08. The van der Waals surface area contributed by atoms with Crippen molar-refractivity contribution in [2.75, 3.05) is 6.54 Å². The molecule has 8 heteroatoms. The van der Waals surface area contributed by atoms with Gasteiger partial charge >= 0.3 is 0 Å². The molecule has 3 aromatic rings. The smallest absolute Gasteiger partial charge is 0.264 e. The van der Waals surface area contributed by atoms with Gasteiger partial charge in [0, 0.05) is 19.5 Å². The van der Waals surface area contributed by atoms with Crippen LogP contribution in [-0.4, -0.2) is 31.8 Å². The molecule has 0 unspecified atom stereocenters. The third-order valence-corrected chi connectivity index (χ3v) is 3.65. The summed E-state index contributed by atoms with van der Waals surface area (Å²) in [4.78, 5) is 28.4. The molecule has 0 bridgehead atoms. The number of amides is 1. The minimum absolute atomic E-state index is 0.160. The van der Waals surface area contributed by atoms with Crippen molar-refractivity contribution >= 4 is 16.9 Å². The number of halogens is 1. The summed E-state index contributed by atoms with van der Waals surface area (Å²) in [5, 5.41) is 7.14. The number of aromatic nitrogens is 4. The molecule has 0 aliphatic carbocycles. The summed E-state index contributed by atoms with van der Waals surface area (Å²) >= 11 is 0. The normalized spacial score (nSPS) is 10.8. The summed E-state index contributed by atoms with van der Waals surface area (Å²) < 4.78 is 15.9. The lowest BCUT2D eigenvalue weighted by molar-refractivity contribution is -0.121. The Hall–Kier alpha value is -3.29. The van der Waals surface area contributed by atoms with Crippen molar-refractivity contribution in [2.24, 2.45) is 0 Å². The molecule has 0 saturated carbocycles. The van der Waals surface area contributed by atoms with Crippen LogP contribution in [0.3, 0.4) is 0 Å². The van der Waals surface area contributed by atoms with Crippen molar-refractivity contribution < 1.29 is 9.18 Å². The zero-order chi connectivity index (χ0) is 17.8. The molecule has 25 heavy (non-hydrogen) atoms. The average Bonchev–Trinajstić information content (AvgIpc) is 3.05. The number of nitrogens with one attached hydrogen (secondary N) is 1. The van der Waals surface area contributed by atoms with E-state index in [1.54, 1.807) is 18.2 Å². The van der Waals surface area contributed by atoms with E-state index in [-0.39, 0.29) is 30.2 Å². The quantitative estimate of drug-likeness (QED) is 0.688. The van der Waals surface area contributed by atoms with Gasteiger partial charge in [0.2, 0.25) is 5.91 Å². The van der Waals surface area contributed by atoms with Gasteiger partial charge in [-0.3, -0.25) is 14.2 Å². The van der Waals surface area contributed by atoms with E-state index in [4.69, 9.17) is 0 Å². The predicted molar refractivity (Wildman–Crippen MR) is 90.9 cm³/mol. The molecule has 128 valence electrons. The highest BCUT2D eigenvalue weighted by Gasteiger charge is 2.12. The fraction of sp³-hybridized carbons (Fsp3) is 0.176. The summed E-state index contributed by atoms with van der Waals surface area (Å²) in [7, 11) is 0. The molecule has 2 heterocycles. The molecule has 0 atom stereocenters. The van der Waals surface area contributed by atoms with Gasteiger partial charge in [0.15, 0.2) is 5.65 Å². The fourth-order valence-corrected chi connectivity index (χ4v) is 2.38. The van der Waals surface area contributed by atoms with Crippen LogP contribution in [0.15, 0.2) is 54.2 Å². The second-order valence-corrected chi connectivity index (χ2v) is 5.36. The number of benzene rings is 1. The van der Waals surface area contributed by atoms with Gasteiger partial charge in [0.25, 0.3) is 5.56 Å². The van der Waals surface area contributed by atoms with Gasteiger partial charge in [0.05, 0.1) is 18.2 Å². The molecule has 0 fully saturated rings. The third kappa shape index (κ3) is 3.47. The van der Waals surface area contributed by atoms with E-state index >= 15 is 0 Å². The molecular weight excluding hydrogens is 325 g/mol. The minimum Gasteiger partial charge on any atom is -0.353 e. The number of carbonyl (C=O) groups is 1. The SMILES string of the molecule is C=CCNC(=O)CCn1cnc2c(cnn2-c2ccc(F)cc2)c1=O. The number of hydrogen-bond donors (Lipinski definition) is 1. The van der Waals surface area contributed by atoms with E-state index in [0.29, 0.717) is 23.3 Å². The molecule has 0 radical (unpaired) electrons. The van der Waals surface area contributed by atoms with Crippen molar-refractivity contribution in [3.63, 3.8) is 0 Å². The van der Waals surface area contributed by atoms with Crippen molar-refractivity contribution in [3.05, 3.63) is 65.6 Å². The molecule has 1 aromatic carbocycles. The van der Waals surface area contributed by atoms with Crippen LogP contribution in [0, 0.1) is 5.82 Å².